The van der Waals surface area contributed by atoms with Crippen LogP contribution >= 0.6 is 0 Å². The summed E-state index contributed by atoms with van der Waals surface area (Å²) in [5.74, 6) is 0.594. The summed E-state index contributed by atoms with van der Waals surface area (Å²) in [5.41, 5.74) is 2.01. The van der Waals surface area contributed by atoms with Crippen LogP contribution in [0.3, 0.4) is 0 Å². The molecule has 0 saturated carbocycles. The second kappa shape index (κ2) is 11.7. The van der Waals surface area contributed by atoms with Crippen molar-refractivity contribution in [1.82, 2.24) is 30.0 Å². The molecule has 194 valence electrons. The molecule has 11 heteroatoms. The number of benzene rings is 1. The van der Waals surface area contributed by atoms with Gasteiger partial charge in [-0.15, -0.1) is 6.58 Å². The van der Waals surface area contributed by atoms with Crippen LogP contribution in [-0.4, -0.2) is 70.3 Å². The number of aromatic nitrogens is 4. The van der Waals surface area contributed by atoms with Crippen molar-refractivity contribution in [3.05, 3.63) is 71.2 Å². The zero-order chi connectivity index (χ0) is 26.4. The Morgan fingerprint density at radius 2 is 1.81 bits per heavy atom. The van der Waals surface area contributed by atoms with Crippen LogP contribution in [-0.2, 0) is 0 Å². The molecule has 3 aromatic rings. The van der Waals surface area contributed by atoms with E-state index in [-0.39, 0.29) is 28.9 Å². The maximum Gasteiger partial charge on any atom is 0.267 e. The van der Waals surface area contributed by atoms with E-state index < -0.39 is 0 Å². The van der Waals surface area contributed by atoms with Crippen molar-refractivity contribution in [2.75, 3.05) is 55.3 Å². The molecule has 3 N–H and O–H groups in total. The Kier molecular flexibility index (Phi) is 8.14. The van der Waals surface area contributed by atoms with Crippen LogP contribution in [0.2, 0.25) is 0 Å². The number of nitrogens with one attached hydrogen (secondary N) is 3. The van der Waals surface area contributed by atoms with Crippen LogP contribution in [0, 0.1) is 0 Å². The number of nitrogens with zero attached hydrogens (tertiary/aromatic N) is 6. The van der Waals surface area contributed by atoms with Crippen molar-refractivity contribution in [1.29, 1.82) is 0 Å². The zero-order valence-electron chi connectivity index (χ0n) is 21.4. The van der Waals surface area contributed by atoms with Crippen molar-refractivity contribution in [2.24, 2.45) is 0 Å². The molecule has 1 saturated heterocycles. The Morgan fingerprint density at radius 3 is 2.49 bits per heavy atom. The Morgan fingerprint density at radius 1 is 1.08 bits per heavy atom. The van der Waals surface area contributed by atoms with Gasteiger partial charge < -0.3 is 25.8 Å². The number of likely N-dealkylation sites (N-methyl/N-ethyl adjacent to an activating group) is 1. The Labute approximate surface area is 216 Å². The quantitative estimate of drug-likeness (QED) is 0.379. The average Bonchev–Trinajstić information content (AvgIpc) is 2.89. The zero-order valence-corrected chi connectivity index (χ0v) is 21.4. The summed E-state index contributed by atoms with van der Waals surface area (Å²) in [6, 6.07) is 11.0. The van der Waals surface area contributed by atoms with Gasteiger partial charge in [0.2, 0.25) is 5.95 Å². The molecule has 37 heavy (non-hydrogen) atoms. The molecule has 1 aliphatic heterocycles. The molecule has 0 radical (unpaired) electrons. The summed E-state index contributed by atoms with van der Waals surface area (Å²) in [5, 5.41) is 13.4. The molecule has 3 heterocycles. The average molecular weight is 504 g/mol. The first-order valence-electron chi connectivity index (χ1n) is 12.3. The molecule has 1 aromatic carbocycles. The second-order valence-electron chi connectivity index (χ2n) is 9.14. The predicted octanol–water partition coefficient (Wildman–Crippen LogP) is 2.77. The minimum atomic E-state index is -0.359. The molecule has 2 aromatic heterocycles. The predicted molar refractivity (Wildman–Crippen MR) is 146 cm³/mol. The van der Waals surface area contributed by atoms with Crippen LogP contribution in [0.15, 0.2) is 60.0 Å². The molecule has 1 fully saturated rings. The van der Waals surface area contributed by atoms with Gasteiger partial charge in [0, 0.05) is 56.4 Å². The number of hydrogen-bond acceptors (Lipinski definition) is 9. The fourth-order valence-corrected chi connectivity index (χ4v) is 3.90. The van der Waals surface area contributed by atoms with E-state index in [0.29, 0.717) is 18.3 Å². The van der Waals surface area contributed by atoms with Crippen LogP contribution in [0.4, 0.5) is 29.0 Å². The number of rotatable bonds is 9. The van der Waals surface area contributed by atoms with Crippen molar-refractivity contribution in [2.45, 2.75) is 19.9 Å². The second-order valence-corrected chi connectivity index (χ2v) is 9.14. The Hall–Kier alpha value is -4.25. The fraction of sp³-hybridized carbons (Fsp3) is 0.346. The number of carbonyl (C=O) groups excluding carboxylic acids is 1. The molecule has 4 rings (SSSR count). The highest BCUT2D eigenvalue weighted by atomic mass is 16.1. The minimum Gasteiger partial charge on any atom is -0.369 e. The largest absolute Gasteiger partial charge is 0.369 e. The lowest BCUT2D eigenvalue weighted by molar-refractivity contribution is 0.0958. The Balaban J connectivity index is 1.57. The molecule has 0 unspecified atom stereocenters. The van der Waals surface area contributed by atoms with Gasteiger partial charge in [-0.05, 0) is 51.2 Å². The van der Waals surface area contributed by atoms with E-state index in [9.17, 15) is 9.59 Å². The van der Waals surface area contributed by atoms with Crippen molar-refractivity contribution in [3.8, 4) is 0 Å². The summed E-state index contributed by atoms with van der Waals surface area (Å²) < 4.78 is 1.36. The van der Waals surface area contributed by atoms with Crippen LogP contribution in [0.1, 0.15) is 30.2 Å². The van der Waals surface area contributed by atoms with E-state index in [0.717, 1.165) is 31.9 Å². The molecule has 0 aliphatic carbocycles. The summed E-state index contributed by atoms with van der Waals surface area (Å²) in [6.45, 7) is 11.7. The third-order valence-corrected chi connectivity index (χ3v) is 5.99. The van der Waals surface area contributed by atoms with Gasteiger partial charge in [0.05, 0.1) is 6.04 Å². The molecule has 0 bridgehead atoms. The van der Waals surface area contributed by atoms with Gasteiger partial charge in [-0.2, -0.15) is 10.1 Å². The standard InChI is InChI=1S/C26H33N9O2/c1-5-12-27-25(37)21-17-28-26(31-24(21)30-22-10-11-23(36)35(32-22)18(2)3)29-19-6-8-20(9-7-19)34-15-13-33(4)14-16-34/h5-11,17-18H,1,12-16H2,2-4H3,(H,27,37)(H2,28,29,30,31,32). The maximum absolute atomic E-state index is 12.7. The van der Waals surface area contributed by atoms with Gasteiger partial charge >= 0.3 is 0 Å². The monoisotopic (exact) mass is 503 g/mol. The van der Waals surface area contributed by atoms with Crippen molar-refractivity contribution in [3.63, 3.8) is 0 Å². The number of amides is 1. The van der Waals surface area contributed by atoms with E-state index in [1.54, 1.807) is 12.1 Å². The molecule has 0 atom stereocenters. The summed E-state index contributed by atoms with van der Waals surface area (Å²) in [4.78, 5) is 38.4. The minimum absolute atomic E-state index is 0.124. The van der Waals surface area contributed by atoms with Crippen LogP contribution in [0.5, 0.6) is 0 Å². The smallest absolute Gasteiger partial charge is 0.267 e. The van der Waals surface area contributed by atoms with E-state index >= 15 is 0 Å². The number of hydrogen-bond donors (Lipinski definition) is 3. The van der Waals surface area contributed by atoms with E-state index in [2.05, 4.69) is 66.6 Å². The first kappa shape index (κ1) is 25.8. The van der Waals surface area contributed by atoms with Crippen LogP contribution < -0.4 is 26.4 Å². The van der Waals surface area contributed by atoms with Gasteiger partial charge in [-0.1, -0.05) is 6.08 Å². The molecule has 11 nitrogen and oxygen atoms in total. The van der Waals surface area contributed by atoms with E-state index in [1.165, 1.54) is 22.6 Å². The highest BCUT2D eigenvalue weighted by Gasteiger charge is 2.17. The van der Waals surface area contributed by atoms with Gasteiger partial charge in [-0.25, -0.2) is 9.67 Å². The highest BCUT2D eigenvalue weighted by molar-refractivity contribution is 5.99. The molecule has 1 aliphatic rings. The Bertz CT molecular complexity index is 1300. The lowest BCUT2D eigenvalue weighted by Gasteiger charge is -2.34. The number of anilines is 5. The first-order valence-corrected chi connectivity index (χ1v) is 12.3. The third kappa shape index (κ3) is 6.50. The molecular weight excluding hydrogens is 470 g/mol. The van der Waals surface area contributed by atoms with Crippen LogP contribution in [0.25, 0.3) is 0 Å². The molecule has 1 amide bonds. The summed E-state index contributed by atoms with van der Waals surface area (Å²) in [7, 11) is 2.14. The summed E-state index contributed by atoms with van der Waals surface area (Å²) in [6.07, 6.45) is 3.04. The van der Waals surface area contributed by atoms with E-state index in [1.807, 2.05) is 26.0 Å². The molecular formula is C26H33N9O2. The first-order chi connectivity index (χ1) is 17.8. The SMILES string of the molecule is C=CCNC(=O)c1cnc(Nc2ccc(N3CCN(C)CC3)cc2)nc1Nc1ccc(=O)n(C(C)C)n1. The lowest BCUT2D eigenvalue weighted by atomic mass is 10.2. The molecule has 0 spiro atoms. The number of piperazine rings is 1. The topological polar surface area (TPSA) is 120 Å². The van der Waals surface area contributed by atoms with E-state index in [4.69, 9.17) is 0 Å². The third-order valence-electron chi connectivity index (χ3n) is 5.99. The van der Waals surface area contributed by atoms with Crippen molar-refractivity contribution >= 4 is 34.9 Å². The highest BCUT2D eigenvalue weighted by Crippen LogP contribution is 2.23. The van der Waals surface area contributed by atoms with Crippen molar-refractivity contribution < 1.29 is 4.79 Å². The van der Waals surface area contributed by atoms with Gasteiger partial charge in [0.1, 0.15) is 11.4 Å². The maximum atomic E-state index is 12.7. The summed E-state index contributed by atoms with van der Waals surface area (Å²) >= 11 is 0. The van der Waals surface area contributed by atoms with Gasteiger partial charge in [0.25, 0.3) is 11.5 Å². The van der Waals surface area contributed by atoms with Gasteiger partial charge in [0.15, 0.2) is 5.82 Å². The lowest BCUT2D eigenvalue weighted by Crippen LogP contribution is -2.44. The van der Waals surface area contributed by atoms with Gasteiger partial charge in [-0.3, -0.25) is 9.59 Å². The normalized spacial score (nSPS) is 13.9. The number of carbonyl (C=O) groups is 1. The fourth-order valence-electron chi connectivity index (χ4n) is 3.90.